The third-order valence-corrected chi connectivity index (χ3v) is 3.73. The number of benzene rings is 2. The molecule has 1 N–H and O–H groups in total. The predicted molar refractivity (Wildman–Crippen MR) is 93.0 cm³/mol. The van der Waals surface area contributed by atoms with Crippen molar-refractivity contribution in [3.8, 4) is 17.2 Å². The van der Waals surface area contributed by atoms with Gasteiger partial charge in [-0.15, -0.1) is 0 Å². The maximum atomic E-state index is 12.5. The number of ether oxygens (including phenoxy) is 3. The highest BCUT2D eigenvalue weighted by Crippen LogP contribution is 2.29. The zero-order valence-corrected chi connectivity index (χ0v) is 14.9. The summed E-state index contributed by atoms with van der Waals surface area (Å²) >= 11 is 5.99. The SMILES string of the molecule is COc1ccc(CNC(=O)C(C)Oc2ccccc2Cl)cc1OC(F)F. The van der Waals surface area contributed by atoms with Crippen molar-refractivity contribution < 1.29 is 27.8 Å². The van der Waals surface area contributed by atoms with Gasteiger partial charge in [0.05, 0.1) is 12.1 Å². The Bertz CT molecular complexity index is 758. The first-order valence-corrected chi connectivity index (χ1v) is 8.09. The minimum absolute atomic E-state index is 0.102. The first-order chi connectivity index (χ1) is 12.4. The fraction of sp³-hybridized carbons (Fsp3) is 0.278. The summed E-state index contributed by atoms with van der Waals surface area (Å²) < 4.78 is 39.8. The van der Waals surface area contributed by atoms with Crippen molar-refractivity contribution in [3.63, 3.8) is 0 Å². The topological polar surface area (TPSA) is 56.8 Å². The van der Waals surface area contributed by atoms with E-state index in [9.17, 15) is 13.6 Å². The Hall–Kier alpha value is -2.54. The molecule has 2 aromatic rings. The van der Waals surface area contributed by atoms with E-state index in [2.05, 4.69) is 10.1 Å². The van der Waals surface area contributed by atoms with E-state index in [1.54, 1.807) is 37.3 Å². The third-order valence-electron chi connectivity index (χ3n) is 3.42. The Morgan fingerprint density at radius 3 is 2.50 bits per heavy atom. The zero-order valence-electron chi connectivity index (χ0n) is 14.2. The van der Waals surface area contributed by atoms with Gasteiger partial charge < -0.3 is 19.5 Å². The van der Waals surface area contributed by atoms with Crippen molar-refractivity contribution in [1.29, 1.82) is 0 Å². The number of carbonyl (C=O) groups excluding carboxylic acids is 1. The number of halogens is 3. The van der Waals surface area contributed by atoms with Gasteiger partial charge in [0.25, 0.3) is 5.91 Å². The maximum absolute atomic E-state index is 12.5. The number of rotatable bonds is 8. The highest BCUT2D eigenvalue weighted by Gasteiger charge is 2.16. The summed E-state index contributed by atoms with van der Waals surface area (Å²) in [4.78, 5) is 12.2. The molecule has 0 aliphatic heterocycles. The third kappa shape index (κ3) is 5.49. The number of amides is 1. The van der Waals surface area contributed by atoms with Crippen molar-refractivity contribution >= 4 is 17.5 Å². The first kappa shape index (κ1) is 19.8. The summed E-state index contributed by atoms with van der Waals surface area (Å²) in [6, 6.07) is 11.3. The lowest BCUT2D eigenvalue weighted by molar-refractivity contribution is -0.127. The number of para-hydroxylation sites is 1. The average Bonchev–Trinajstić information content (AvgIpc) is 2.61. The number of hydrogen-bond donors (Lipinski definition) is 1. The molecule has 0 bridgehead atoms. The molecule has 0 aliphatic rings. The molecule has 5 nitrogen and oxygen atoms in total. The number of alkyl halides is 2. The molecule has 2 rings (SSSR count). The monoisotopic (exact) mass is 385 g/mol. The van der Waals surface area contributed by atoms with Gasteiger partial charge in [-0.2, -0.15) is 8.78 Å². The molecular weight excluding hydrogens is 368 g/mol. The highest BCUT2D eigenvalue weighted by atomic mass is 35.5. The summed E-state index contributed by atoms with van der Waals surface area (Å²) in [5.41, 5.74) is 0.569. The lowest BCUT2D eigenvalue weighted by Crippen LogP contribution is -2.35. The summed E-state index contributed by atoms with van der Waals surface area (Å²) in [5.74, 6) is 0.0939. The molecule has 0 spiro atoms. The smallest absolute Gasteiger partial charge is 0.387 e. The van der Waals surface area contributed by atoms with Crippen molar-refractivity contribution in [2.24, 2.45) is 0 Å². The molecule has 1 amide bonds. The molecular formula is C18H18ClF2NO4. The quantitative estimate of drug-likeness (QED) is 0.745. The van der Waals surface area contributed by atoms with E-state index < -0.39 is 12.7 Å². The van der Waals surface area contributed by atoms with Crippen LogP contribution in [0, 0.1) is 0 Å². The summed E-state index contributed by atoms with van der Waals surface area (Å²) in [6.45, 7) is -1.28. The molecule has 0 fully saturated rings. The van der Waals surface area contributed by atoms with E-state index in [0.717, 1.165) is 0 Å². The maximum Gasteiger partial charge on any atom is 0.387 e. The molecule has 140 valence electrons. The van der Waals surface area contributed by atoms with Crippen LogP contribution < -0.4 is 19.5 Å². The molecule has 8 heteroatoms. The normalized spacial score (nSPS) is 11.8. The Morgan fingerprint density at radius 2 is 1.85 bits per heavy atom. The minimum Gasteiger partial charge on any atom is -0.493 e. The first-order valence-electron chi connectivity index (χ1n) is 7.71. The van der Waals surface area contributed by atoms with Crippen LogP contribution in [-0.4, -0.2) is 25.7 Å². The van der Waals surface area contributed by atoms with E-state index >= 15 is 0 Å². The number of nitrogens with one attached hydrogen (secondary N) is 1. The zero-order chi connectivity index (χ0) is 19.1. The van der Waals surface area contributed by atoms with Crippen LogP contribution >= 0.6 is 11.6 Å². The van der Waals surface area contributed by atoms with Crippen LogP contribution in [0.5, 0.6) is 17.2 Å². The molecule has 2 aromatic carbocycles. The largest absolute Gasteiger partial charge is 0.493 e. The second-order valence-electron chi connectivity index (χ2n) is 5.27. The van der Waals surface area contributed by atoms with E-state index in [-0.39, 0.29) is 24.0 Å². The Balaban J connectivity index is 1.97. The van der Waals surface area contributed by atoms with Gasteiger partial charge >= 0.3 is 6.61 Å². The standard InChI is InChI=1S/C18H18ClF2NO4/c1-11(25-14-6-4-3-5-13(14)19)17(23)22-10-12-7-8-15(24-2)16(9-12)26-18(20)21/h3-9,11,18H,10H2,1-2H3,(H,22,23). The van der Waals surface area contributed by atoms with Gasteiger partial charge in [0.15, 0.2) is 17.6 Å². The fourth-order valence-corrected chi connectivity index (χ4v) is 2.32. The van der Waals surface area contributed by atoms with Crippen LogP contribution in [0.4, 0.5) is 8.78 Å². The van der Waals surface area contributed by atoms with Crippen LogP contribution in [0.15, 0.2) is 42.5 Å². The van der Waals surface area contributed by atoms with Crippen molar-refractivity contribution in [2.45, 2.75) is 26.2 Å². The highest BCUT2D eigenvalue weighted by molar-refractivity contribution is 6.32. The minimum atomic E-state index is -2.97. The molecule has 0 saturated heterocycles. The van der Waals surface area contributed by atoms with Gasteiger partial charge in [-0.25, -0.2) is 0 Å². The van der Waals surface area contributed by atoms with Crippen molar-refractivity contribution in [2.75, 3.05) is 7.11 Å². The van der Waals surface area contributed by atoms with Gasteiger partial charge in [0, 0.05) is 6.54 Å². The van der Waals surface area contributed by atoms with E-state index in [1.807, 2.05) is 0 Å². The van der Waals surface area contributed by atoms with Gasteiger partial charge in [0.2, 0.25) is 0 Å². The van der Waals surface area contributed by atoms with Gasteiger partial charge in [-0.3, -0.25) is 4.79 Å². The van der Waals surface area contributed by atoms with E-state index in [1.165, 1.54) is 19.2 Å². The molecule has 1 atom stereocenters. The summed E-state index contributed by atoms with van der Waals surface area (Å²) in [6.07, 6.45) is -0.787. The second-order valence-corrected chi connectivity index (χ2v) is 5.68. The number of methoxy groups -OCH3 is 1. The summed E-state index contributed by atoms with van der Waals surface area (Å²) in [7, 11) is 1.35. The predicted octanol–water partition coefficient (Wildman–Crippen LogP) is 4.03. The molecule has 0 aromatic heterocycles. The molecule has 26 heavy (non-hydrogen) atoms. The van der Waals surface area contributed by atoms with Gasteiger partial charge in [-0.05, 0) is 36.8 Å². The number of hydrogen-bond acceptors (Lipinski definition) is 4. The van der Waals surface area contributed by atoms with Crippen molar-refractivity contribution in [1.82, 2.24) is 5.32 Å². The van der Waals surface area contributed by atoms with Crippen molar-refractivity contribution in [3.05, 3.63) is 53.1 Å². The van der Waals surface area contributed by atoms with Gasteiger partial charge in [-0.1, -0.05) is 29.8 Å². The average molecular weight is 386 g/mol. The molecule has 0 aliphatic carbocycles. The van der Waals surface area contributed by atoms with Crippen LogP contribution in [0.1, 0.15) is 12.5 Å². The van der Waals surface area contributed by atoms with Crippen LogP contribution in [0.25, 0.3) is 0 Å². The van der Waals surface area contributed by atoms with Gasteiger partial charge in [0.1, 0.15) is 5.75 Å². The molecule has 1 unspecified atom stereocenters. The van der Waals surface area contributed by atoms with Crippen LogP contribution in [0.3, 0.4) is 0 Å². The second kappa shape index (κ2) is 9.24. The fourth-order valence-electron chi connectivity index (χ4n) is 2.14. The van der Waals surface area contributed by atoms with Crippen LogP contribution in [0.2, 0.25) is 5.02 Å². The Kier molecular flexibility index (Phi) is 7.03. The van der Waals surface area contributed by atoms with E-state index in [0.29, 0.717) is 16.3 Å². The van der Waals surface area contributed by atoms with Crippen LogP contribution in [-0.2, 0) is 11.3 Å². The lowest BCUT2D eigenvalue weighted by Gasteiger charge is -2.16. The molecule has 0 heterocycles. The lowest BCUT2D eigenvalue weighted by atomic mass is 10.2. The van der Waals surface area contributed by atoms with E-state index in [4.69, 9.17) is 21.1 Å². The molecule has 0 saturated carbocycles. The number of carbonyl (C=O) groups is 1. The Morgan fingerprint density at radius 1 is 1.12 bits per heavy atom. The Labute approximate surface area is 154 Å². The summed E-state index contributed by atoms with van der Waals surface area (Å²) in [5, 5.41) is 3.06. The molecule has 0 radical (unpaired) electrons.